The van der Waals surface area contributed by atoms with Gasteiger partial charge >= 0.3 is 6.09 Å². The summed E-state index contributed by atoms with van der Waals surface area (Å²) in [7, 11) is 0. The molecule has 0 bridgehead atoms. The van der Waals surface area contributed by atoms with Gasteiger partial charge in [-0.3, -0.25) is 4.79 Å². The van der Waals surface area contributed by atoms with Crippen LogP contribution in [0.1, 0.15) is 25.8 Å². The Labute approximate surface area is 107 Å². The summed E-state index contributed by atoms with van der Waals surface area (Å²) >= 11 is 0. The van der Waals surface area contributed by atoms with Gasteiger partial charge in [0.1, 0.15) is 6.61 Å². The lowest BCUT2D eigenvalue weighted by molar-refractivity contribution is -0.114. The number of rotatable bonds is 5. The topological polar surface area (TPSA) is 67.4 Å². The lowest BCUT2D eigenvalue weighted by Gasteiger charge is -2.07. The highest BCUT2D eigenvalue weighted by Gasteiger charge is 2.01. The van der Waals surface area contributed by atoms with Crippen LogP contribution < -0.4 is 10.6 Å². The van der Waals surface area contributed by atoms with Crippen LogP contribution in [0.25, 0.3) is 0 Å². The van der Waals surface area contributed by atoms with Crippen molar-refractivity contribution in [2.24, 2.45) is 0 Å². The number of amides is 2. The Hall–Kier alpha value is -2.04. The first-order valence-corrected chi connectivity index (χ1v) is 5.89. The molecule has 0 radical (unpaired) electrons. The molecule has 0 saturated heterocycles. The number of carbonyl (C=O) groups excluding carboxylic acids is 2. The maximum absolute atomic E-state index is 11.2. The molecule has 1 aromatic carbocycles. The maximum atomic E-state index is 11.2. The van der Waals surface area contributed by atoms with E-state index in [1.165, 1.54) is 6.92 Å². The second kappa shape index (κ2) is 7.32. The summed E-state index contributed by atoms with van der Waals surface area (Å²) in [5, 5.41) is 5.29. The van der Waals surface area contributed by atoms with Crippen LogP contribution >= 0.6 is 0 Å². The zero-order valence-electron chi connectivity index (χ0n) is 10.7. The van der Waals surface area contributed by atoms with E-state index in [9.17, 15) is 9.59 Å². The molecule has 18 heavy (non-hydrogen) atoms. The summed E-state index contributed by atoms with van der Waals surface area (Å²) < 4.78 is 5.01. The first-order chi connectivity index (χ1) is 8.61. The lowest BCUT2D eigenvalue weighted by atomic mass is 10.2. The molecule has 0 atom stereocenters. The van der Waals surface area contributed by atoms with Crippen LogP contribution in [0, 0.1) is 0 Å². The summed E-state index contributed by atoms with van der Waals surface area (Å²) in [6.45, 7) is 4.26. The second-order valence-electron chi connectivity index (χ2n) is 3.88. The predicted molar refractivity (Wildman–Crippen MR) is 69.2 cm³/mol. The van der Waals surface area contributed by atoms with Crippen molar-refractivity contribution in [1.82, 2.24) is 5.32 Å². The van der Waals surface area contributed by atoms with E-state index in [4.69, 9.17) is 4.74 Å². The van der Waals surface area contributed by atoms with Crippen molar-refractivity contribution in [3.63, 3.8) is 0 Å². The predicted octanol–water partition coefficient (Wildman–Crippen LogP) is 2.28. The maximum Gasteiger partial charge on any atom is 0.407 e. The molecule has 0 fully saturated rings. The lowest BCUT2D eigenvalue weighted by Crippen LogP contribution is -2.24. The average molecular weight is 250 g/mol. The van der Waals surface area contributed by atoms with Crippen LogP contribution in [0.15, 0.2) is 24.3 Å². The van der Waals surface area contributed by atoms with Crippen molar-refractivity contribution >= 4 is 17.7 Å². The third-order valence-electron chi connectivity index (χ3n) is 2.16. The minimum absolute atomic E-state index is 0.113. The highest BCUT2D eigenvalue weighted by atomic mass is 16.5. The van der Waals surface area contributed by atoms with Crippen LogP contribution in [-0.4, -0.2) is 18.5 Å². The second-order valence-corrected chi connectivity index (χ2v) is 3.88. The molecular formula is C13H18N2O3. The zero-order valence-corrected chi connectivity index (χ0v) is 10.7. The average Bonchev–Trinajstić information content (AvgIpc) is 2.35. The molecule has 0 saturated carbocycles. The number of nitrogens with one attached hydrogen (secondary N) is 2. The molecule has 5 heteroatoms. The molecule has 0 aliphatic heterocycles. The highest BCUT2D eigenvalue weighted by molar-refractivity contribution is 5.88. The number of alkyl carbamates (subject to hydrolysis) is 1. The van der Waals surface area contributed by atoms with E-state index in [-0.39, 0.29) is 12.5 Å². The summed E-state index contributed by atoms with van der Waals surface area (Å²) in [5.74, 6) is -0.113. The van der Waals surface area contributed by atoms with Gasteiger partial charge in [0.2, 0.25) is 5.91 Å². The minimum Gasteiger partial charge on any atom is -0.445 e. The fourth-order valence-corrected chi connectivity index (χ4v) is 1.31. The highest BCUT2D eigenvalue weighted by Crippen LogP contribution is 2.10. The van der Waals surface area contributed by atoms with Gasteiger partial charge in [0.05, 0.1) is 0 Å². The Morgan fingerprint density at radius 3 is 2.44 bits per heavy atom. The normalized spacial score (nSPS) is 9.67. The number of benzene rings is 1. The van der Waals surface area contributed by atoms with Crippen LogP contribution in [0.2, 0.25) is 0 Å². The van der Waals surface area contributed by atoms with E-state index in [1.54, 1.807) is 24.3 Å². The first kappa shape index (κ1) is 14.0. The molecule has 1 rings (SSSR count). The van der Waals surface area contributed by atoms with Gasteiger partial charge in [-0.15, -0.1) is 0 Å². The molecule has 0 aliphatic rings. The number of hydrogen-bond acceptors (Lipinski definition) is 3. The number of ether oxygens (including phenoxy) is 1. The Kier molecular flexibility index (Phi) is 5.70. The summed E-state index contributed by atoms with van der Waals surface area (Å²) in [4.78, 5) is 22.0. The van der Waals surface area contributed by atoms with Gasteiger partial charge in [0.15, 0.2) is 0 Å². The van der Waals surface area contributed by atoms with Crippen molar-refractivity contribution < 1.29 is 14.3 Å². The van der Waals surface area contributed by atoms with Crippen molar-refractivity contribution in [1.29, 1.82) is 0 Å². The van der Waals surface area contributed by atoms with Crippen molar-refractivity contribution in [3.8, 4) is 0 Å². The van der Waals surface area contributed by atoms with Crippen LogP contribution in [0.5, 0.6) is 0 Å². The molecule has 0 unspecified atom stereocenters. The molecule has 98 valence electrons. The van der Waals surface area contributed by atoms with Crippen molar-refractivity contribution in [2.75, 3.05) is 11.9 Å². The Morgan fingerprint density at radius 1 is 1.22 bits per heavy atom. The van der Waals surface area contributed by atoms with Gasteiger partial charge in [0.25, 0.3) is 0 Å². The van der Waals surface area contributed by atoms with Gasteiger partial charge in [-0.05, 0) is 24.1 Å². The molecule has 0 aromatic heterocycles. The van der Waals surface area contributed by atoms with Crippen molar-refractivity contribution in [2.45, 2.75) is 26.9 Å². The molecular weight excluding hydrogens is 232 g/mol. The van der Waals surface area contributed by atoms with Crippen LogP contribution in [0.3, 0.4) is 0 Å². The van der Waals surface area contributed by atoms with Gasteiger partial charge in [0, 0.05) is 19.2 Å². The van der Waals surface area contributed by atoms with Gasteiger partial charge in [-0.1, -0.05) is 19.1 Å². The van der Waals surface area contributed by atoms with E-state index in [1.807, 2.05) is 6.92 Å². The van der Waals surface area contributed by atoms with Crippen LogP contribution in [0.4, 0.5) is 10.5 Å². The first-order valence-electron chi connectivity index (χ1n) is 5.89. The van der Waals surface area contributed by atoms with E-state index in [0.29, 0.717) is 6.54 Å². The number of carbonyl (C=O) groups is 2. The van der Waals surface area contributed by atoms with Gasteiger partial charge < -0.3 is 15.4 Å². The summed E-state index contributed by atoms with van der Waals surface area (Å²) in [6.07, 6.45) is 0.461. The quantitative estimate of drug-likeness (QED) is 0.842. The third kappa shape index (κ3) is 5.34. The summed E-state index contributed by atoms with van der Waals surface area (Å²) in [6, 6.07) is 7.14. The monoisotopic (exact) mass is 250 g/mol. The van der Waals surface area contributed by atoms with E-state index < -0.39 is 6.09 Å². The van der Waals surface area contributed by atoms with E-state index >= 15 is 0 Å². The molecule has 2 N–H and O–H groups in total. The van der Waals surface area contributed by atoms with E-state index in [0.717, 1.165) is 17.7 Å². The molecule has 2 amide bonds. The molecule has 1 aromatic rings. The standard InChI is InChI=1S/C13H18N2O3/c1-3-8-14-13(17)18-9-11-4-6-12(7-5-11)15-10(2)16/h4-7H,3,8-9H2,1-2H3,(H,14,17)(H,15,16). The molecule has 0 heterocycles. The largest absolute Gasteiger partial charge is 0.445 e. The van der Waals surface area contributed by atoms with Crippen LogP contribution in [-0.2, 0) is 16.1 Å². The minimum atomic E-state index is -0.414. The molecule has 5 nitrogen and oxygen atoms in total. The Bertz CT molecular complexity index is 401. The van der Waals surface area contributed by atoms with Crippen molar-refractivity contribution in [3.05, 3.63) is 29.8 Å². The Balaban J connectivity index is 2.39. The fourth-order valence-electron chi connectivity index (χ4n) is 1.31. The summed E-state index contributed by atoms with van der Waals surface area (Å²) in [5.41, 5.74) is 1.59. The fraction of sp³-hybridized carbons (Fsp3) is 0.385. The smallest absolute Gasteiger partial charge is 0.407 e. The zero-order chi connectivity index (χ0) is 13.4. The van der Waals surface area contributed by atoms with Gasteiger partial charge in [-0.2, -0.15) is 0 Å². The third-order valence-corrected chi connectivity index (χ3v) is 2.16. The molecule has 0 aliphatic carbocycles. The van der Waals surface area contributed by atoms with Gasteiger partial charge in [-0.25, -0.2) is 4.79 Å². The molecule has 0 spiro atoms. The number of anilines is 1. The SMILES string of the molecule is CCCNC(=O)OCc1ccc(NC(C)=O)cc1. The number of hydrogen-bond donors (Lipinski definition) is 2. The Morgan fingerprint density at radius 2 is 1.89 bits per heavy atom. The van der Waals surface area contributed by atoms with E-state index in [2.05, 4.69) is 10.6 Å².